The standard InChI is InChI=1S/C12H15BrN2O3S/c13-10-6-5-8(7-11(10)19(14,17)18)12(16)15-9-3-1-2-4-9/h5-7,9H,1-4H2,(H,15,16)(H2,14,17,18). The third-order valence-corrected chi connectivity index (χ3v) is 5.10. The lowest BCUT2D eigenvalue weighted by molar-refractivity contribution is 0.0937. The van der Waals surface area contributed by atoms with Crippen molar-refractivity contribution in [1.29, 1.82) is 0 Å². The van der Waals surface area contributed by atoms with Gasteiger partial charge < -0.3 is 5.32 Å². The van der Waals surface area contributed by atoms with E-state index in [0.717, 1.165) is 25.7 Å². The van der Waals surface area contributed by atoms with E-state index in [1.807, 2.05) is 0 Å². The van der Waals surface area contributed by atoms with Crippen molar-refractivity contribution in [1.82, 2.24) is 5.32 Å². The Labute approximate surface area is 120 Å². The van der Waals surface area contributed by atoms with Crippen molar-refractivity contribution in [3.05, 3.63) is 28.2 Å². The Morgan fingerprint density at radius 3 is 2.53 bits per heavy atom. The van der Waals surface area contributed by atoms with Gasteiger partial charge in [0.1, 0.15) is 0 Å². The molecule has 7 heteroatoms. The van der Waals surface area contributed by atoms with Gasteiger partial charge in [-0.1, -0.05) is 12.8 Å². The number of amides is 1. The monoisotopic (exact) mass is 346 g/mol. The van der Waals surface area contributed by atoms with Crippen LogP contribution < -0.4 is 10.5 Å². The molecule has 1 fully saturated rings. The van der Waals surface area contributed by atoms with Gasteiger partial charge in [-0.05, 0) is 47.0 Å². The zero-order valence-electron chi connectivity index (χ0n) is 10.2. The molecule has 0 aromatic heterocycles. The highest BCUT2D eigenvalue weighted by Crippen LogP contribution is 2.23. The zero-order chi connectivity index (χ0) is 14.0. The number of sulfonamides is 1. The number of hydrogen-bond acceptors (Lipinski definition) is 3. The smallest absolute Gasteiger partial charge is 0.251 e. The second-order valence-corrected chi connectivity index (χ2v) is 7.03. The first-order chi connectivity index (χ1) is 8.88. The third kappa shape index (κ3) is 3.55. The number of halogens is 1. The van der Waals surface area contributed by atoms with Crippen molar-refractivity contribution in [3.8, 4) is 0 Å². The van der Waals surface area contributed by atoms with E-state index < -0.39 is 10.0 Å². The van der Waals surface area contributed by atoms with Crippen molar-refractivity contribution in [3.63, 3.8) is 0 Å². The molecule has 19 heavy (non-hydrogen) atoms. The van der Waals surface area contributed by atoms with Crippen molar-refractivity contribution < 1.29 is 13.2 Å². The van der Waals surface area contributed by atoms with Gasteiger partial charge in [0.15, 0.2) is 0 Å². The molecule has 1 aliphatic rings. The van der Waals surface area contributed by atoms with E-state index in [2.05, 4.69) is 21.2 Å². The van der Waals surface area contributed by atoms with Gasteiger partial charge in [-0.3, -0.25) is 4.79 Å². The summed E-state index contributed by atoms with van der Waals surface area (Å²) in [4.78, 5) is 12.0. The number of carbonyl (C=O) groups is 1. The Balaban J connectivity index is 2.23. The van der Waals surface area contributed by atoms with Gasteiger partial charge in [-0.2, -0.15) is 0 Å². The maximum atomic E-state index is 12.0. The van der Waals surface area contributed by atoms with Crippen LogP contribution in [0.25, 0.3) is 0 Å². The number of primary sulfonamides is 1. The Morgan fingerprint density at radius 1 is 1.32 bits per heavy atom. The van der Waals surface area contributed by atoms with Crippen LogP contribution in [0.5, 0.6) is 0 Å². The number of benzene rings is 1. The highest BCUT2D eigenvalue weighted by Gasteiger charge is 2.20. The highest BCUT2D eigenvalue weighted by atomic mass is 79.9. The average molecular weight is 347 g/mol. The second kappa shape index (κ2) is 5.60. The number of nitrogens with two attached hydrogens (primary N) is 1. The molecule has 2 rings (SSSR count). The summed E-state index contributed by atoms with van der Waals surface area (Å²) < 4.78 is 23.1. The van der Waals surface area contributed by atoms with E-state index in [4.69, 9.17) is 5.14 Å². The molecule has 1 saturated carbocycles. The zero-order valence-corrected chi connectivity index (χ0v) is 12.6. The lowest BCUT2D eigenvalue weighted by Crippen LogP contribution is -2.32. The molecule has 0 aliphatic heterocycles. The number of carbonyl (C=O) groups excluding carboxylic acids is 1. The molecule has 0 radical (unpaired) electrons. The fraction of sp³-hybridized carbons (Fsp3) is 0.417. The number of hydrogen-bond donors (Lipinski definition) is 2. The first-order valence-electron chi connectivity index (χ1n) is 6.01. The van der Waals surface area contributed by atoms with Crippen LogP contribution in [0.1, 0.15) is 36.0 Å². The molecule has 0 unspecified atom stereocenters. The first kappa shape index (κ1) is 14.5. The molecule has 0 spiro atoms. The maximum Gasteiger partial charge on any atom is 0.251 e. The molecule has 1 aromatic carbocycles. The Bertz CT molecular complexity index is 595. The highest BCUT2D eigenvalue weighted by molar-refractivity contribution is 9.10. The topological polar surface area (TPSA) is 89.3 Å². The minimum absolute atomic E-state index is 0.0772. The van der Waals surface area contributed by atoms with Crippen LogP contribution in [-0.2, 0) is 10.0 Å². The lowest BCUT2D eigenvalue weighted by Gasteiger charge is -2.12. The fourth-order valence-electron chi connectivity index (χ4n) is 2.20. The minimum atomic E-state index is -3.84. The van der Waals surface area contributed by atoms with Crippen LogP contribution in [0.4, 0.5) is 0 Å². The summed E-state index contributed by atoms with van der Waals surface area (Å²) in [5.41, 5.74) is 0.305. The molecule has 5 nitrogen and oxygen atoms in total. The summed E-state index contributed by atoms with van der Waals surface area (Å²) in [7, 11) is -3.84. The SMILES string of the molecule is NS(=O)(=O)c1cc(C(=O)NC2CCCC2)ccc1Br. The minimum Gasteiger partial charge on any atom is -0.349 e. The van der Waals surface area contributed by atoms with Gasteiger partial charge in [-0.25, -0.2) is 13.6 Å². The Kier molecular flexibility index (Phi) is 4.27. The molecule has 104 valence electrons. The van der Waals surface area contributed by atoms with E-state index in [-0.39, 0.29) is 16.8 Å². The van der Waals surface area contributed by atoms with Crippen molar-refractivity contribution in [2.45, 2.75) is 36.6 Å². The Hall–Kier alpha value is -0.920. The lowest BCUT2D eigenvalue weighted by atomic mass is 10.2. The molecule has 1 aliphatic carbocycles. The Morgan fingerprint density at radius 2 is 1.95 bits per heavy atom. The third-order valence-electron chi connectivity index (χ3n) is 3.19. The van der Waals surface area contributed by atoms with E-state index in [1.54, 1.807) is 6.07 Å². The molecule has 0 atom stereocenters. The summed E-state index contributed by atoms with van der Waals surface area (Å²) >= 11 is 3.11. The van der Waals surface area contributed by atoms with E-state index in [1.165, 1.54) is 12.1 Å². The summed E-state index contributed by atoms with van der Waals surface area (Å²) in [6, 6.07) is 4.57. The van der Waals surface area contributed by atoms with Crippen molar-refractivity contribution >= 4 is 31.9 Å². The average Bonchev–Trinajstić information content (AvgIpc) is 2.80. The van der Waals surface area contributed by atoms with Crippen LogP contribution in [0.2, 0.25) is 0 Å². The molecule has 1 aromatic rings. The van der Waals surface area contributed by atoms with E-state index in [9.17, 15) is 13.2 Å². The summed E-state index contributed by atoms with van der Waals surface area (Å²) in [5, 5.41) is 8.00. The van der Waals surface area contributed by atoms with Crippen molar-refractivity contribution in [2.24, 2.45) is 5.14 Å². The summed E-state index contributed by atoms with van der Waals surface area (Å²) in [6.45, 7) is 0. The largest absolute Gasteiger partial charge is 0.349 e. The molecule has 0 bridgehead atoms. The number of nitrogens with one attached hydrogen (secondary N) is 1. The molecule has 1 amide bonds. The molecule has 0 saturated heterocycles. The molecule has 3 N–H and O–H groups in total. The summed E-state index contributed by atoms with van der Waals surface area (Å²) in [5.74, 6) is -0.260. The van der Waals surface area contributed by atoms with Crippen LogP contribution in [0, 0.1) is 0 Å². The van der Waals surface area contributed by atoms with Gasteiger partial charge in [0.2, 0.25) is 10.0 Å². The molecular formula is C12H15BrN2O3S. The normalized spacial score (nSPS) is 16.5. The van der Waals surface area contributed by atoms with Crippen LogP contribution in [0.15, 0.2) is 27.6 Å². The second-order valence-electron chi connectivity index (χ2n) is 4.65. The predicted molar refractivity (Wildman–Crippen MR) is 75.2 cm³/mol. The molecular weight excluding hydrogens is 332 g/mol. The first-order valence-corrected chi connectivity index (χ1v) is 8.35. The van der Waals surface area contributed by atoms with Gasteiger partial charge in [0.05, 0.1) is 4.90 Å². The van der Waals surface area contributed by atoms with Gasteiger partial charge >= 0.3 is 0 Å². The number of rotatable bonds is 3. The quantitative estimate of drug-likeness (QED) is 0.873. The van der Waals surface area contributed by atoms with Crippen LogP contribution >= 0.6 is 15.9 Å². The van der Waals surface area contributed by atoms with Gasteiger partial charge in [0, 0.05) is 16.1 Å². The molecule has 0 heterocycles. The maximum absolute atomic E-state index is 12.0. The van der Waals surface area contributed by atoms with Crippen molar-refractivity contribution in [2.75, 3.05) is 0 Å². The van der Waals surface area contributed by atoms with Gasteiger partial charge in [0.25, 0.3) is 5.91 Å². The fourth-order valence-corrected chi connectivity index (χ4v) is 3.76. The summed E-state index contributed by atoms with van der Waals surface area (Å²) in [6.07, 6.45) is 4.19. The van der Waals surface area contributed by atoms with E-state index in [0.29, 0.717) is 10.0 Å². The predicted octanol–water partition coefficient (Wildman–Crippen LogP) is 1.77. The van der Waals surface area contributed by atoms with Crippen LogP contribution in [-0.4, -0.2) is 20.4 Å². The van der Waals surface area contributed by atoms with E-state index >= 15 is 0 Å². The van der Waals surface area contributed by atoms with Gasteiger partial charge in [-0.15, -0.1) is 0 Å². The van der Waals surface area contributed by atoms with Crippen LogP contribution in [0.3, 0.4) is 0 Å².